The van der Waals surface area contributed by atoms with Crippen LogP contribution in [0.1, 0.15) is 42.5 Å². The number of piperazine rings is 1. The summed E-state index contributed by atoms with van der Waals surface area (Å²) in [6.45, 7) is 7.16. The first-order valence-corrected chi connectivity index (χ1v) is 11.4. The summed E-state index contributed by atoms with van der Waals surface area (Å²) < 4.78 is 1.63. The Hall–Kier alpha value is -2.93. The molecule has 1 saturated heterocycles. The Labute approximate surface area is 186 Å². The Morgan fingerprint density at radius 1 is 1.23 bits per heavy atom. The van der Waals surface area contributed by atoms with E-state index < -0.39 is 6.04 Å². The number of aromatic nitrogens is 2. The molecular weight excluding hydrogens is 408 g/mol. The number of carbonyl (C=O) groups excluding carboxylic acids is 2. The van der Waals surface area contributed by atoms with Crippen LogP contribution in [-0.4, -0.2) is 45.6 Å². The number of nitrogens with zero attached hydrogens (tertiary/aromatic N) is 3. The molecule has 31 heavy (non-hydrogen) atoms. The lowest BCUT2D eigenvalue weighted by Crippen LogP contribution is -2.58. The van der Waals surface area contributed by atoms with Gasteiger partial charge in [0.2, 0.25) is 5.91 Å². The molecule has 0 saturated carbocycles. The first-order chi connectivity index (χ1) is 14.7. The summed E-state index contributed by atoms with van der Waals surface area (Å²) in [7, 11) is 1.78. The van der Waals surface area contributed by atoms with Crippen molar-refractivity contribution in [2.45, 2.75) is 38.6 Å². The predicted octanol–water partition coefficient (Wildman–Crippen LogP) is 3.63. The average molecular weight is 437 g/mol. The van der Waals surface area contributed by atoms with Gasteiger partial charge in [-0.3, -0.25) is 14.3 Å². The van der Waals surface area contributed by atoms with E-state index >= 15 is 0 Å². The molecule has 162 valence electrons. The van der Waals surface area contributed by atoms with E-state index in [1.54, 1.807) is 28.0 Å². The first kappa shape index (κ1) is 21.3. The number of aryl methyl sites for hydroxylation is 1. The van der Waals surface area contributed by atoms with Gasteiger partial charge in [-0.25, -0.2) is 0 Å². The summed E-state index contributed by atoms with van der Waals surface area (Å²) in [5, 5.41) is 9.50. The Bertz CT molecular complexity index is 1080. The van der Waals surface area contributed by atoms with Crippen molar-refractivity contribution >= 4 is 23.2 Å². The number of nitrogens with one attached hydrogen (secondary N) is 1. The fraction of sp³-hybridized carbons (Fsp3) is 0.375. The van der Waals surface area contributed by atoms with Crippen LogP contribution in [-0.2, 0) is 23.7 Å². The van der Waals surface area contributed by atoms with E-state index in [1.165, 1.54) is 4.88 Å². The predicted molar refractivity (Wildman–Crippen MR) is 123 cm³/mol. The third-order valence-corrected chi connectivity index (χ3v) is 6.57. The van der Waals surface area contributed by atoms with Crippen molar-refractivity contribution in [3.63, 3.8) is 0 Å². The van der Waals surface area contributed by atoms with Crippen molar-refractivity contribution in [1.29, 1.82) is 0 Å². The second-order valence-corrected chi connectivity index (χ2v) is 9.92. The smallest absolute Gasteiger partial charge is 0.272 e. The van der Waals surface area contributed by atoms with Crippen LogP contribution in [0, 0.1) is 0 Å². The minimum absolute atomic E-state index is 0.111. The molecule has 6 nitrogen and oxygen atoms in total. The van der Waals surface area contributed by atoms with Crippen molar-refractivity contribution in [1.82, 2.24) is 20.0 Å². The van der Waals surface area contributed by atoms with Crippen molar-refractivity contribution < 1.29 is 9.59 Å². The van der Waals surface area contributed by atoms with Gasteiger partial charge in [-0.15, -0.1) is 11.3 Å². The molecule has 0 bridgehead atoms. The van der Waals surface area contributed by atoms with Crippen LogP contribution in [0.3, 0.4) is 0 Å². The normalized spacial score (nSPS) is 17.0. The van der Waals surface area contributed by atoms with Crippen molar-refractivity contribution in [3.05, 3.63) is 64.8 Å². The highest BCUT2D eigenvalue weighted by Gasteiger charge is 2.35. The Morgan fingerprint density at radius 2 is 1.97 bits per heavy atom. The van der Waals surface area contributed by atoms with Gasteiger partial charge in [-0.05, 0) is 28.6 Å². The number of hydrogen-bond donors (Lipinski definition) is 1. The lowest BCUT2D eigenvalue weighted by Gasteiger charge is -2.35. The molecule has 3 heterocycles. The average Bonchev–Trinajstić information content (AvgIpc) is 3.39. The van der Waals surface area contributed by atoms with Crippen LogP contribution in [0.4, 0.5) is 0 Å². The monoisotopic (exact) mass is 436 g/mol. The number of benzene rings is 1. The molecule has 1 fully saturated rings. The van der Waals surface area contributed by atoms with Crippen LogP contribution in [0.5, 0.6) is 0 Å². The van der Waals surface area contributed by atoms with Gasteiger partial charge in [-0.1, -0.05) is 51.1 Å². The number of hydrogen-bond acceptors (Lipinski definition) is 4. The van der Waals surface area contributed by atoms with E-state index in [9.17, 15) is 9.59 Å². The highest BCUT2D eigenvalue weighted by molar-refractivity contribution is 7.13. The molecule has 4 rings (SSSR count). The van der Waals surface area contributed by atoms with E-state index in [1.807, 2.05) is 24.3 Å². The zero-order valence-corrected chi connectivity index (χ0v) is 19.2. The van der Waals surface area contributed by atoms with Gasteiger partial charge in [0.25, 0.3) is 5.91 Å². The molecule has 1 aliphatic rings. The minimum atomic E-state index is -0.540. The summed E-state index contributed by atoms with van der Waals surface area (Å²) in [5.41, 5.74) is 3.40. The van der Waals surface area contributed by atoms with Crippen LogP contribution in [0.2, 0.25) is 0 Å². The Kier molecular flexibility index (Phi) is 5.71. The topological polar surface area (TPSA) is 67.2 Å². The third kappa shape index (κ3) is 4.42. The minimum Gasteiger partial charge on any atom is -0.353 e. The fourth-order valence-corrected chi connectivity index (χ4v) is 4.55. The second-order valence-electron chi connectivity index (χ2n) is 8.97. The number of rotatable bonds is 4. The maximum absolute atomic E-state index is 13.4. The van der Waals surface area contributed by atoms with Gasteiger partial charge in [-0.2, -0.15) is 5.10 Å². The molecule has 0 unspecified atom stereocenters. The molecule has 1 N–H and O–H groups in total. The van der Waals surface area contributed by atoms with Crippen LogP contribution in [0.15, 0.2) is 47.8 Å². The summed E-state index contributed by atoms with van der Waals surface area (Å²) in [4.78, 5) is 29.0. The third-order valence-electron chi connectivity index (χ3n) is 5.65. The zero-order valence-electron chi connectivity index (χ0n) is 18.4. The van der Waals surface area contributed by atoms with Gasteiger partial charge in [0.05, 0.1) is 5.69 Å². The van der Waals surface area contributed by atoms with Gasteiger partial charge < -0.3 is 10.2 Å². The standard InChI is InChI=1S/C24H28N4O2S/c1-24(2,3)21-15-19(27(4)26-21)23(30)28-12-11-25-22(29)18(28)14-16-7-9-17(10-8-16)20-6-5-13-31-20/h5-10,13,15,18H,11-12,14H2,1-4H3,(H,25,29)/t18-/m0/s1. The maximum Gasteiger partial charge on any atom is 0.272 e. The molecule has 2 amide bonds. The lowest BCUT2D eigenvalue weighted by molar-refractivity contribution is -0.127. The van der Waals surface area contributed by atoms with Gasteiger partial charge in [0, 0.05) is 36.9 Å². The van der Waals surface area contributed by atoms with Crippen LogP contribution < -0.4 is 5.32 Å². The Morgan fingerprint density at radius 3 is 2.58 bits per heavy atom. The van der Waals surface area contributed by atoms with E-state index in [0.29, 0.717) is 25.2 Å². The molecule has 2 aromatic heterocycles. The van der Waals surface area contributed by atoms with Gasteiger partial charge >= 0.3 is 0 Å². The first-order valence-electron chi connectivity index (χ1n) is 10.5. The molecule has 1 aromatic carbocycles. The lowest BCUT2D eigenvalue weighted by atomic mass is 9.92. The van der Waals surface area contributed by atoms with Crippen molar-refractivity contribution in [2.75, 3.05) is 13.1 Å². The van der Waals surface area contributed by atoms with E-state index in [-0.39, 0.29) is 17.2 Å². The van der Waals surface area contributed by atoms with E-state index in [2.05, 4.69) is 54.8 Å². The summed E-state index contributed by atoms with van der Waals surface area (Å²) in [6, 6.07) is 13.7. The SMILES string of the molecule is Cn1nc(C(C)(C)C)cc1C(=O)N1CCNC(=O)[C@@H]1Cc1ccc(-c2cccs2)cc1. The Balaban J connectivity index is 1.57. The molecule has 0 aliphatic carbocycles. The summed E-state index contributed by atoms with van der Waals surface area (Å²) in [5.74, 6) is -0.263. The van der Waals surface area contributed by atoms with Crippen molar-refractivity contribution in [2.24, 2.45) is 7.05 Å². The molecule has 0 spiro atoms. The van der Waals surface area contributed by atoms with Gasteiger partial charge in [0.1, 0.15) is 11.7 Å². The molecule has 0 radical (unpaired) electrons. The van der Waals surface area contributed by atoms with E-state index in [4.69, 9.17) is 0 Å². The largest absolute Gasteiger partial charge is 0.353 e. The van der Waals surface area contributed by atoms with Crippen LogP contribution >= 0.6 is 11.3 Å². The zero-order chi connectivity index (χ0) is 22.2. The summed E-state index contributed by atoms with van der Waals surface area (Å²) >= 11 is 1.70. The highest BCUT2D eigenvalue weighted by atomic mass is 32.1. The molecule has 7 heteroatoms. The molecule has 1 atom stereocenters. The van der Waals surface area contributed by atoms with E-state index in [0.717, 1.165) is 16.8 Å². The number of amides is 2. The maximum atomic E-state index is 13.4. The van der Waals surface area contributed by atoms with Gasteiger partial charge in [0.15, 0.2) is 0 Å². The van der Waals surface area contributed by atoms with Crippen molar-refractivity contribution in [3.8, 4) is 10.4 Å². The second kappa shape index (κ2) is 8.30. The summed E-state index contributed by atoms with van der Waals surface area (Å²) in [6.07, 6.45) is 0.478. The highest BCUT2D eigenvalue weighted by Crippen LogP contribution is 2.26. The number of thiophene rings is 1. The molecule has 3 aromatic rings. The quantitative estimate of drug-likeness (QED) is 0.679. The number of carbonyl (C=O) groups is 2. The fourth-order valence-electron chi connectivity index (χ4n) is 3.81. The molecular formula is C24H28N4O2S. The van der Waals surface area contributed by atoms with Crippen LogP contribution in [0.25, 0.3) is 10.4 Å². The molecule has 1 aliphatic heterocycles.